The maximum absolute atomic E-state index is 11.6. The summed E-state index contributed by atoms with van der Waals surface area (Å²) < 4.78 is 6.60. The van der Waals surface area contributed by atoms with Crippen LogP contribution in [0.25, 0.3) is 0 Å². The van der Waals surface area contributed by atoms with Gasteiger partial charge in [-0.2, -0.15) is 5.10 Å². The Labute approximate surface area is 141 Å². The lowest BCUT2D eigenvalue weighted by molar-refractivity contribution is 0.0526. The summed E-state index contributed by atoms with van der Waals surface area (Å²) in [5.41, 5.74) is 2.15. The average Bonchev–Trinajstić information content (AvgIpc) is 2.97. The topological polar surface area (TPSA) is 85.2 Å². The van der Waals surface area contributed by atoms with Crippen molar-refractivity contribution >= 4 is 17.7 Å². The van der Waals surface area contributed by atoms with E-state index in [1.165, 1.54) is 6.20 Å². The molecule has 2 N–H and O–H groups in total. The molecule has 0 saturated carbocycles. The highest BCUT2D eigenvalue weighted by Crippen LogP contribution is 2.11. The first kappa shape index (κ1) is 17.5. The number of ether oxygens (including phenoxy) is 1. The van der Waals surface area contributed by atoms with E-state index in [-0.39, 0.29) is 18.0 Å². The van der Waals surface area contributed by atoms with Crippen LogP contribution in [0.2, 0.25) is 0 Å². The van der Waals surface area contributed by atoms with Crippen molar-refractivity contribution < 1.29 is 14.3 Å². The zero-order valence-corrected chi connectivity index (χ0v) is 14.1. The molecule has 0 aliphatic heterocycles. The smallest absolute Gasteiger partial charge is 0.341 e. The van der Waals surface area contributed by atoms with E-state index in [4.69, 9.17) is 4.74 Å². The molecule has 0 radical (unpaired) electrons. The van der Waals surface area contributed by atoms with Gasteiger partial charge in [-0.05, 0) is 38.5 Å². The number of rotatable bonds is 6. The summed E-state index contributed by atoms with van der Waals surface area (Å²) in [5.74, 6) is -0.375. The summed E-state index contributed by atoms with van der Waals surface area (Å²) in [4.78, 5) is 23.3. The van der Waals surface area contributed by atoms with Gasteiger partial charge >= 0.3 is 12.0 Å². The fourth-order valence-corrected chi connectivity index (χ4v) is 2.08. The number of benzene rings is 1. The minimum Gasteiger partial charge on any atom is -0.462 e. The van der Waals surface area contributed by atoms with Crippen LogP contribution in [0.3, 0.4) is 0 Å². The Morgan fingerprint density at radius 3 is 2.58 bits per heavy atom. The maximum atomic E-state index is 11.6. The van der Waals surface area contributed by atoms with Gasteiger partial charge in [-0.15, -0.1) is 0 Å². The van der Waals surface area contributed by atoms with Gasteiger partial charge in [0.2, 0.25) is 0 Å². The van der Waals surface area contributed by atoms with Crippen molar-refractivity contribution in [3.8, 4) is 0 Å². The number of nitrogens with zero attached hydrogens (tertiary/aromatic N) is 2. The first-order valence-electron chi connectivity index (χ1n) is 7.84. The van der Waals surface area contributed by atoms with Crippen LogP contribution in [0, 0.1) is 0 Å². The molecule has 2 rings (SSSR count). The van der Waals surface area contributed by atoms with Crippen molar-refractivity contribution in [2.45, 2.75) is 33.4 Å². The van der Waals surface area contributed by atoms with Crippen LogP contribution in [-0.2, 0) is 11.3 Å². The molecule has 7 heteroatoms. The van der Waals surface area contributed by atoms with Crippen molar-refractivity contribution in [2.24, 2.45) is 0 Å². The average molecular weight is 330 g/mol. The van der Waals surface area contributed by atoms with Crippen LogP contribution in [0.15, 0.2) is 36.7 Å². The third-order valence-electron chi connectivity index (χ3n) is 3.12. The van der Waals surface area contributed by atoms with Crippen molar-refractivity contribution in [3.63, 3.8) is 0 Å². The normalized spacial score (nSPS) is 10.5. The zero-order chi connectivity index (χ0) is 17.5. The second-order valence-corrected chi connectivity index (χ2v) is 5.60. The number of esters is 1. The predicted octanol–water partition coefficient (Wildman–Crippen LogP) is 2.64. The van der Waals surface area contributed by atoms with Gasteiger partial charge < -0.3 is 15.4 Å². The number of urea groups is 1. The molecule has 7 nitrogen and oxygen atoms in total. The molecule has 0 bridgehead atoms. The Hall–Kier alpha value is -2.83. The Morgan fingerprint density at radius 2 is 1.96 bits per heavy atom. The highest BCUT2D eigenvalue weighted by molar-refractivity contribution is 5.89. The zero-order valence-electron chi connectivity index (χ0n) is 14.1. The summed E-state index contributed by atoms with van der Waals surface area (Å²) >= 11 is 0. The second kappa shape index (κ2) is 8.14. The Bertz CT molecular complexity index is 692. The number of hydrogen-bond donors (Lipinski definition) is 2. The first-order valence-corrected chi connectivity index (χ1v) is 7.84. The molecule has 1 heterocycles. The molecule has 0 fully saturated rings. The Kier molecular flexibility index (Phi) is 5.95. The van der Waals surface area contributed by atoms with Crippen LogP contribution < -0.4 is 10.6 Å². The highest BCUT2D eigenvalue weighted by atomic mass is 16.5. The van der Waals surface area contributed by atoms with E-state index in [1.54, 1.807) is 17.8 Å². The van der Waals surface area contributed by atoms with E-state index < -0.39 is 0 Å². The molecule has 1 aromatic carbocycles. The molecule has 1 aromatic heterocycles. The van der Waals surface area contributed by atoms with Crippen LogP contribution in [0.5, 0.6) is 0 Å². The first-order chi connectivity index (χ1) is 11.5. The molecule has 0 aliphatic rings. The molecule has 0 atom stereocenters. The van der Waals surface area contributed by atoms with Gasteiger partial charge in [0.1, 0.15) is 0 Å². The molecule has 0 spiro atoms. The number of aromatic nitrogens is 2. The standard InChI is InChI=1S/C17H22N4O3/c1-4-24-16(22)14-9-18-21(11-14)10-13-5-7-15(8-6-13)20-17(23)19-12(2)3/h5-9,11-12H,4,10H2,1-3H3,(H2,19,20,23). The van der Waals surface area contributed by atoms with E-state index in [9.17, 15) is 9.59 Å². The minimum absolute atomic E-state index is 0.0812. The molecule has 2 amide bonds. The molecule has 128 valence electrons. The lowest BCUT2D eigenvalue weighted by Gasteiger charge is -2.10. The monoisotopic (exact) mass is 330 g/mol. The second-order valence-electron chi connectivity index (χ2n) is 5.60. The fourth-order valence-electron chi connectivity index (χ4n) is 2.08. The predicted molar refractivity (Wildman–Crippen MR) is 91.0 cm³/mol. The fraction of sp³-hybridized carbons (Fsp3) is 0.353. The largest absolute Gasteiger partial charge is 0.462 e. The van der Waals surface area contributed by atoms with Gasteiger partial charge in [-0.1, -0.05) is 12.1 Å². The molecule has 24 heavy (non-hydrogen) atoms. The summed E-state index contributed by atoms with van der Waals surface area (Å²) in [6.07, 6.45) is 3.14. The molecule has 0 saturated heterocycles. The molecule has 0 aliphatic carbocycles. The van der Waals surface area contributed by atoms with E-state index in [0.29, 0.717) is 24.4 Å². The number of amides is 2. The quantitative estimate of drug-likeness (QED) is 0.797. The van der Waals surface area contributed by atoms with Crippen molar-refractivity contribution in [3.05, 3.63) is 47.8 Å². The number of carbonyl (C=O) groups excluding carboxylic acids is 2. The van der Waals surface area contributed by atoms with Gasteiger partial charge in [-0.25, -0.2) is 9.59 Å². The van der Waals surface area contributed by atoms with Gasteiger partial charge in [-0.3, -0.25) is 4.68 Å². The van der Waals surface area contributed by atoms with E-state index in [2.05, 4.69) is 15.7 Å². The van der Waals surface area contributed by atoms with Crippen LogP contribution >= 0.6 is 0 Å². The van der Waals surface area contributed by atoms with Crippen LogP contribution in [0.1, 0.15) is 36.7 Å². The molecular formula is C17H22N4O3. The van der Waals surface area contributed by atoms with Gasteiger partial charge in [0.25, 0.3) is 0 Å². The Morgan fingerprint density at radius 1 is 1.25 bits per heavy atom. The highest BCUT2D eigenvalue weighted by Gasteiger charge is 2.09. The molecular weight excluding hydrogens is 308 g/mol. The number of nitrogens with one attached hydrogen (secondary N) is 2. The van der Waals surface area contributed by atoms with E-state index in [0.717, 1.165) is 5.56 Å². The SMILES string of the molecule is CCOC(=O)c1cnn(Cc2ccc(NC(=O)NC(C)C)cc2)c1. The number of carbonyl (C=O) groups is 2. The Balaban J connectivity index is 1.94. The summed E-state index contributed by atoms with van der Waals surface area (Å²) in [6.45, 7) is 6.43. The van der Waals surface area contributed by atoms with Gasteiger partial charge in [0.05, 0.1) is 24.9 Å². The van der Waals surface area contributed by atoms with Gasteiger partial charge in [0.15, 0.2) is 0 Å². The van der Waals surface area contributed by atoms with Crippen LogP contribution in [0.4, 0.5) is 10.5 Å². The summed E-state index contributed by atoms with van der Waals surface area (Å²) in [5, 5.41) is 9.68. The maximum Gasteiger partial charge on any atom is 0.341 e. The van der Waals surface area contributed by atoms with Crippen LogP contribution in [-0.4, -0.2) is 34.4 Å². The van der Waals surface area contributed by atoms with Crippen molar-refractivity contribution in [1.29, 1.82) is 0 Å². The molecule has 2 aromatic rings. The number of hydrogen-bond acceptors (Lipinski definition) is 4. The number of anilines is 1. The summed E-state index contributed by atoms with van der Waals surface area (Å²) in [7, 11) is 0. The van der Waals surface area contributed by atoms with Crippen molar-refractivity contribution in [2.75, 3.05) is 11.9 Å². The van der Waals surface area contributed by atoms with E-state index >= 15 is 0 Å². The minimum atomic E-state index is -0.375. The third kappa shape index (κ3) is 5.12. The summed E-state index contributed by atoms with van der Waals surface area (Å²) in [6, 6.07) is 7.30. The van der Waals surface area contributed by atoms with E-state index in [1.807, 2.05) is 38.1 Å². The lowest BCUT2D eigenvalue weighted by Crippen LogP contribution is -2.34. The van der Waals surface area contributed by atoms with Crippen molar-refractivity contribution in [1.82, 2.24) is 15.1 Å². The van der Waals surface area contributed by atoms with Gasteiger partial charge in [0, 0.05) is 17.9 Å². The lowest BCUT2D eigenvalue weighted by atomic mass is 10.2. The molecule has 0 unspecified atom stereocenters. The third-order valence-corrected chi connectivity index (χ3v) is 3.12.